The zero-order valence-electron chi connectivity index (χ0n) is 16.2. The molecule has 0 unspecified atom stereocenters. The van der Waals surface area contributed by atoms with Crippen LogP contribution < -0.4 is 10.6 Å². The number of carbonyl (C=O) groups is 3. The maximum Gasteiger partial charge on any atom is 0.322 e. The van der Waals surface area contributed by atoms with E-state index in [1.165, 1.54) is 0 Å². The van der Waals surface area contributed by atoms with Gasteiger partial charge < -0.3 is 20.2 Å². The number of nitrogens with one attached hydrogen (secondary N) is 2. The molecule has 1 aromatic heterocycles. The number of hydrogen-bond donors (Lipinski definition) is 3. The fourth-order valence-corrected chi connectivity index (χ4v) is 2.98. The van der Waals surface area contributed by atoms with Crippen molar-refractivity contribution in [2.24, 2.45) is 0 Å². The van der Waals surface area contributed by atoms with Gasteiger partial charge in [-0.2, -0.15) is 0 Å². The van der Waals surface area contributed by atoms with Crippen LogP contribution in [0.2, 0.25) is 0 Å². The summed E-state index contributed by atoms with van der Waals surface area (Å²) in [6, 6.07) is 10.8. The second-order valence-corrected chi connectivity index (χ2v) is 6.96. The summed E-state index contributed by atoms with van der Waals surface area (Å²) in [7, 11) is 0. The van der Waals surface area contributed by atoms with Gasteiger partial charge in [0.1, 0.15) is 12.1 Å². The number of rotatable bonds is 7. The van der Waals surface area contributed by atoms with Gasteiger partial charge in [-0.3, -0.25) is 14.4 Å². The summed E-state index contributed by atoms with van der Waals surface area (Å²) in [5, 5.41) is 14.6. The maximum atomic E-state index is 12.4. The molecule has 0 aliphatic rings. The molecule has 2 aromatic carbocycles. The van der Waals surface area contributed by atoms with Crippen molar-refractivity contribution in [2.75, 3.05) is 11.9 Å². The monoisotopic (exact) mass is 394 g/mol. The molecule has 3 N–H and O–H groups in total. The van der Waals surface area contributed by atoms with E-state index in [1.54, 1.807) is 30.5 Å². The lowest BCUT2D eigenvalue weighted by Crippen LogP contribution is -2.30. The number of fused-ring (bicyclic) bond motifs is 1. The molecule has 0 aliphatic carbocycles. The predicted molar refractivity (Wildman–Crippen MR) is 109 cm³/mol. The third-order valence-corrected chi connectivity index (χ3v) is 4.66. The minimum atomic E-state index is -1.09. The molecule has 150 valence electrons. The Morgan fingerprint density at radius 1 is 0.966 bits per heavy atom. The fourth-order valence-electron chi connectivity index (χ4n) is 2.98. The Morgan fingerprint density at radius 2 is 1.66 bits per heavy atom. The number of carboxylic acid groups (broad SMARTS) is 1. The van der Waals surface area contributed by atoms with Crippen molar-refractivity contribution < 1.29 is 23.9 Å². The number of hydrogen-bond acceptors (Lipinski definition) is 4. The lowest BCUT2D eigenvalue weighted by atomic mass is 10.0. The van der Waals surface area contributed by atoms with Crippen molar-refractivity contribution in [2.45, 2.75) is 26.7 Å². The van der Waals surface area contributed by atoms with Crippen LogP contribution >= 0.6 is 0 Å². The van der Waals surface area contributed by atoms with E-state index in [9.17, 15) is 14.4 Å². The molecule has 1 heterocycles. The number of aliphatic carboxylic acids is 1. The number of amides is 2. The van der Waals surface area contributed by atoms with Gasteiger partial charge in [0.25, 0.3) is 0 Å². The van der Waals surface area contributed by atoms with Crippen LogP contribution in [0.1, 0.15) is 22.3 Å². The van der Waals surface area contributed by atoms with Crippen LogP contribution in [-0.2, 0) is 27.2 Å². The summed E-state index contributed by atoms with van der Waals surface area (Å²) in [5.74, 6) is -1.63. The normalized spacial score (nSPS) is 10.7. The summed E-state index contributed by atoms with van der Waals surface area (Å²) >= 11 is 0. The zero-order valence-corrected chi connectivity index (χ0v) is 16.2. The third kappa shape index (κ3) is 5.22. The van der Waals surface area contributed by atoms with Crippen LogP contribution in [0, 0.1) is 13.8 Å². The maximum absolute atomic E-state index is 12.4. The first-order valence-corrected chi connectivity index (χ1v) is 9.16. The van der Waals surface area contributed by atoms with Crippen LogP contribution in [0.4, 0.5) is 5.69 Å². The van der Waals surface area contributed by atoms with E-state index in [1.807, 2.05) is 26.0 Å². The van der Waals surface area contributed by atoms with Crippen LogP contribution in [0.3, 0.4) is 0 Å². The van der Waals surface area contributed by atoms with E-state index in [4.69, 9.17) is 9.52 Å². The van der Waals surface area contributed by atoms with Crippen LogP contribution in [0.5, 0.6) is 0 Å². The molecule has 0 fully saturated rings. The molecule has 0 aliphatic heterocycles. The van der Waals surface area contributed by atoms with Crippen LogP contribution in [-0.4, -0.2) is 29.4 Å². The highest BCUT2D eigenvalue weighted by Crippen LogP contribution is 2.25. The summed E-state index contributed by atoms with van der Waals surface area (Å²) in [6.45, 7) is 3.63. The molecular weight excluding hydrogens is 372 g/mol. The van der Waals surface area contributed by atoms with E-state index in [2.05, 4.69) is 10.6 Å². The Labute approximate surface area is 167 Å². The number of anilines is 1. The van der Waals surface area contributed by atoms with Crippen molar-refractivity contribution >= 4 is 34.4 Å². The quantitative estimate of drug-likeness (QED) is 0.571. The highest BCUT2D eigenvalue weighted by atomic mass is 16.4. The molecule has 3 aromatic rings. The number of furan rings is 1. The Kier molecular flexibility index (Phi) is 5.97. The summed E-state index contributed by atoms with van der Waals surface area (Å²) in [5.41, 5.74) is 5.21. The van der Waals surface area contributed by atoms with Gasteiger partial charge in [-0.25, -0.2) is 0 Å². The van der Waals surface area contributed by atoms with Crippen molar-refractivity contribution in [3.05, 3.63) is 64.9 Å². The van der Waals surface area contributed by atoms with Crippen molar-refractivity contribution in [1.29, 1.82) is 0 Å². The Morgan fingerprint density at radius 3 is 2.34 bits per heavy atom. The Hall–Kier alpha value is -3.61. The summed E-state index contributed by atoms with van der Waals surface area (Å²) in [6.07, 6.45) is 1.87. The Balaban J connectivity index is 1.59. The van der Waals surface area contributed by atoms with Gasteiger partial charge in [-0.1, -0.05) is 12.1 Å². The van der Waals surface area contributed by atoms with Gasteiger partial charge in [0.2, 0.25) is 11.8 Å². The van der Waals surface area contributed by atoms with E-state index < -0.39 is 12.5 Å². The van der Waals surface area contributed by atoms with E-state index in [-0.39, 0.29) is 24.7 Å². The molecular formula is C22H22N2O5. The minimum absolute atomic E-state index is 0.0707. The van der Waals surface area contributed by atoms with E-state index in [0.717, 1.165) is 33.2 Å². The summed E-state index contributed by atoms with van der Waals surface area (Å²) in [4.78, 5) is 34.5. The van der Waals surface area contributed by atoms with Crippen molar-refractivity contribution in [1.82, 2.24) is 5.32 Å². The second-order valence-electron chi connectivity index (χ2n) is 6.96. The van der Waals surface area contributed by atoms with Gasteiger partial charge in [0.15, 0.2) is 0 Å². The van der Waals surface area contributed by atoms with Gasteiger partial charge in [0.05, 0.1) is 19.1 Å². The molecule has 2 amide bonds. The smallest absolute Gasteiger partial charge is 0.322 e. The molecule has 29 heavy (non-hydrogen) atoms. The van der Waals surface area contributed by atoms with Crippen LogP contribution in [0.25, 0.3) is 11.0 Å². The topological polar surface area (TPSA) is 109 Å². The van der Waals surface area contributed by atoms with Crippen molar-refractivity contribution in [3.8, 4) is 0 Å². The lowest BCUT2D eigenvalue weighted by molar-refractivity contribution is -0.137. The first-order chi connectivity index (χ1) is 13.8. The van der Waals surface area contributed by atoms with E-state index >= 15 is 0 Å². The number of carbonyl (C=O) groups excluding carboxylic acids is 2. The van der Waals surface area contributed by atoms with Crippen LogP contribution in [0.15, 0.2) is 47.1 Å². The van der Waals surface area contributed by atoms with Gasteiger partial charge >= 0.3 is 5.97 Å². The highest BCUT2D eigenvalue weighted by Gasteiger charge is 2.12. The lowest BCUT2D eigenvalue weighted by Gasteiger charge is -2.07. The molecule has 0 bridgehead atoms. The summed E-state index contributed by atoms with van der Waals surface area (Å²) < 4.78 is 5.57. The standard InChI is InChI=1S/C22H22N2O5/c1-13-7-18-16(12-29-19(18)8-14(13)2)10-21(26)24-17-5-3-15(4-6-17)9-20(25)23-11-22(27)28/h3-8,12H,9-11H2,1-2H3,(H,23,25)(H,24,26)(H,27,28). The SMILES string of the molecule is Cc1cc2occ(CC(=O)Nc3ccc(CC(=O)NCC(=O)O)cc3)c2cc1C. The predicted octanol–water partition coefficient (Wildman–Crippen LogP) is 2.97. The first kappa shape index (κ1) is 20.1. The zero-order chi connectivity index (χ0) is 21.0. The fraction of sp³-hybridized carbons (Fsp3) is 0.227. The second kappa shape index (κ2) is 8.60. The molecule has 0 spiro atoms. The molecule has 3 rings (SSSR count). The van der Waals surface area contributed by atoms with Gasteiger partial charge in [0, 0.05) is 16.6 Å². The Bertz CT molecular complexity index is 1070. The molecule has 0 saturated carbocycles. The average molecular weight is 394 g/mol. The molecule has 7 heteroatoms. The molecule has 0 atom stereocenters. The third-order valence-electron chi connectivity index (χ3n) is 4.66. The number of benzene rings is 2. The van der Waals surface area contributed by atoms with Crippen molar-refractivity contribution in [3.63, 3.8) is 0 Å². The molecule has 0 saturated heterocycles. The first-order valence-electron chi connectivity index (χ1n) is 9.16. The minimum Gasteiger partial charge on any atom is -0.480 e. The average Bonchev–Trinajstić information content (AvgIpc) is 3.03. The highest BCUT2D eigenvalue weighted by molar-refractivity contribution is 5.95. The molecule has 0 radical (unpaired) electrons. The molecule has 7 nitrogen and oxygen atoms in total. The van der Waals surface area contributed by atoms with Gasteiger partial charge in [-0.15, -0.1) is 0 Å². The van der Waals surface area contributed by atoms with Gasteiger partial charge in [-0.05, 0) is 54.8 Å². The van der Waals surface area contributed by atoms with E-state index in [0.29, 0.717) is 5.69 Å². The number of aryl methyl sites for hydroxylation is 2. The largest absolute Gasteiger partial charge is 0.480 e. The number of carboxylic acids is 1.